The van der Waals surface area contributed by atoms with Crippen molar-refractivity contribution < 1.29 is 17.9 Å². The van der Waals surface area contributed by atoms with E-state index in [2.05, 4.69) is 0 Å². The molecule has 1 aromatic heterocycles. The van der Waals surface area contributed by atoms with Crippen LogP contribution in [-0.2, 0) is 19.6 Å². The van der Waals surface area contributed by atoms with E-state index in [0.717, 1.165) is 5.56 Å². The molecule has 1 aromatic rings. The maximum absolute atomic E-state index is 12.7. The minimum Gasteiger partial charge on any atom is -0.385 e. The number of carbonyl (C=O) groups is 1. The number of hydrogen-bond donors (Lipinski definition) is 0. The molecule has 1 atom stereocenters. The van der Waals surface area contributed by atoms with Crippen LogP contribution in [0, 0.1) is 0 Å². The number of ether oxygens (including phenoxy) is 1. The van der Waals surface area contributed by atoms with E-state index in [1.807, 2.05) is 13.0 Å². The van der Waals surface area contributed by atoms with Gasteiger partial charge in [0.05, 0.1) is 6.04 Å². The maximum atomic E-state index is 12.7. The minimum absolute atomic E-state index is 0.0409. The fraction of sp³-hybridized carbons (Fsp3) is 0.643. The summed E-state index contributed by atoms with van der Waals surface area (Å²) in [6.07, 6.45) is 0.634. The SMILES string of the molecule is CCN(C(C)=O)[C@H]1CN(CCCOC)S(=O)(=O)c2sccc21. The summed E-state index contributed by atoms with van der Waals surface area (Å²) in [7, 11) is -1.87. The Morgan fingerprint density at radius 3 is 2.86 bits per heavy atom. The number of likely N-dealkylation sites (N-methyl/N-ethyl adjacent to an activating group) is 1. The summed E-state index contributed by atoms with van der Waals surface area (Å²) in [6.45, 7) is 5.21. The van der Waals surface area contributed by atoms with Crippen molar-refractivity contribution in [2.75, 3.05) is 33.4 Å². The Balaban J connectivity index is 2.36. The average Bonchev–Trinajstić information content (AvgIpc) is 2.94. The van der Waals surface area contributed by atoms with E-state index in [1.165, 1.54) is 22.6 Å². The van der Waals surface area contributed by atoms with Gasteiger partial charge in [0.15, 0.2) is 0 Å². The lowest BCUT2D eigenvalue weighted by molar-refractivity contribution is -0.131. The molecule has 22 heavy (non-hydrogen) atoms. The monoisotopic (exact) mass is 346 g/mol. The van der Waals surface area contributed by atoms with Crippen LogP contribution in [0.1, 0.15) is 31.9 Å². The number of carbonyl (C=O) groups excluding carboxylic acids is 1. The quantitative estimate of drug-likeness (QED) is 0.735. The molecule has 2 heterocycles. The van der Waals surface area contributed by atoms with Crippen molar-refractivity contribution in [2.45, 2.75) is 30.5 Å². The fourth-order valence-electron chi connectivity index (χ4n) is 2.79. The Labute approximate surface area is 135 Å². The highest BCUT2D eigenvalue weighted by atomic mass is 32.2. The zero-order valence-corrected chi connectivity index (χ0v) is 14.7. The third kappa shape index (κ3) is 3.19. The molecule has 6 nitrogen and oxygen atoms in total. The highest BCUT2D eigenvalue weighted by Gasteiger charge is 2.40. The number of nitrogens with zero attached hydrogens (tertiary/aromatic N) is 2. The first-order valence-corrected chi connectivity index (χ1v) is 9.59. The highest BCUT2D eigenvalue weighted by Crippen LogP contribution is 2.39. The van der Waals surface area contributed by atoms with Gasteiger partial charge in [-0.1, -0.05) is 0 Å². The van der Waals surface area contributed by atoms with Crippen LogP contribution < -0.4 is 0 Å². The van der Waals surface area contributed by atoms with E-state index >= 15 is 0 Å². The molecule has 0 spiro atoms. The van der Waals surface area contributed by atoms with Crippen molar-refractivity contribution in [3.8, 4) is 0 Å². The number of rotatable bonds is 6. The van der Waals surface area contributed by atoms with Crippen LogP contribution in [0.2, 0.25) is 0 Å². The van der Waals surface area contributed by atoms with Crippen molar-refractivity contribution in [3.63, 3.8) is 0 Å². The van der Waals surface area contributed by atoms with E-state index in [0.29, 0.717) is 36.9 Å². The Kier molecular flexibility index (Phi) is 5.60. The van der Waals surface area contributed by atoms with Gasteiger partial charge in [0.25, 0.3) is 10.0 Å². The van der Waals surface area contributed by atoms with Crippen LogP contribution in [0.25, 0.3) is 0 Å². The van der Waals surface area contributed by atoms with Crippen LogP contribution in [0.3, 0.4) is 0 Å². The van der Waals surface area contributed by atoms with Crippen LogP contribution >= 0.6 is 11.3 Å². The smallest absolute Gasteiger partial charge is 0.252 e. The lowest BCUT2D eigenvalue weighted by Gasteiger charge is -2.38. The number of methoxy groups -OCH3 is 1. The summed E-state index contributed by atoms with van der Waals surface area (Å²) in [4.78, 5) is 13.6. The molecule has 0 bridgehead atoms. The van der Waals surface area contributed by atoms with Crippen molar-refractivity contribution in [1.29, 1.82) is 0 Å². The molecular formula is C14H22N2O4S2. The Morgan fingerprint density at radius 1 is 1.55 bits per heavy atom. The molecule has 1 aliphatic rings. The molecule has 1 aliphatic heterocycles. The zero-order valence-electron chi connectivity index (χ0n) is 13.1. The van der Waals surface area contributed by atoms with Gasteiger partial charge < -0.3 is 9.64 Å². The first-order chi connectivity index (χ1) is 10.4. The molecule has 2 rings (SSSR count). The second-order valence-corrected chi connectivity index (χ2v) is 8.24. The van der Waals surface area contributed by atoms with Crippen molar-refractivity contribution >= 4 is 27.3 Å². The lowest BCUT2D eigenvalue weighted by atomic mass is 10.1. The molecule has 0 aliphatic carbocycles. The molecular weight excluding hydrogens is 324 g/mol. The third-order valence-electron chi connectivity index (χ3n) is 3.85. The van der Waals surface area contributed by atoms with Gasteiger partial charge in [-0.15, -0.1) is 11.3 Å². The molecule has 1 amide bonds. The number of thiophene rings is 1. The third-order valence-corrected chi connectivity index (χ3v) is 7.20. The number of fused-ring (bicyclic) bond motifs is 1. The topological polar surface area (TPSA) is 66.9 Å². The maximum Gasteiger partial charge on any atom is 0.252 e. The first-order valence-electron chi connectivity index (χ1n) is 7.27. The molecule has 0 saturated heterocycles. The fourth-order valence-corrected chi connectivity index (χ4v) is 5.89. The molecule has 0 fully saturated rings. The van der Waals surface area contributed by atoms with Crippen molar-refractivity contribution in [1.82, 2.24) is 9.21 Å². The second kappa shape index (κ2) is 7.08. The first kappa shape index (κ1) is 17.4. The standard InChI is InChI=1S/C14H22N2O4S2/c1-4-16(11(2)17)13-10-15(7-5-8-20-3)22(18,19)14-12(13)6-9-21-14/h6,9,13H,4-5,7-8,10H2,1-3H3/t13-/m0/s1. The Hall–Kier alpha value is -0.960. The summed E-state index contributed by atoms with van der Waals surface area (Å²) in [5.74, 6) is -0.0409. The van der Waals surface area contributed by atoms with Crippen LogP contribution in [0.15, 0.2) is 15.7 Å². The van der Waals surface area contributed by atoms with Crippen molar-refractivity contribution in [2.24, 2.45) is 0 Å². The molecule has 0 saturated carbocycles. The zero-order chi connectivity index (χ0) is 16.3. The van der Waals surface area contributed by atoms with Crippen LogP contribution in [-0.4, -0.2) is 56.9 Å². The predicted octanol–water partition coefficient (Wildman–Crippen LogP) is 1.70. The Bertz CT molecular complexity index is 627. The Morgan fingerprint density at radius 2 is 2.27 bits per heavy atom. The molecule has 0 aromatic carbocycles. The minimum atomic E-state index is -3.46. The molecule has 124 valence electrons. The number of hydrogen-bond acceptors (Lipinski definition) is 5. The summed E-state index contributed by atoms with van der Waals surface area (Å²) in [5, 5.41) is 1.78. The van der Waals surface area contributed by atoms with E-state index in [4.69, 9.17) is 4.74 Å². The predicted molar refractivity (Wildman–Crippen MR) is 85.4 cm³/mol. The van der Waals surface area contributed by atoms with E-state index in [9.17, 15) is 13.2 Å². The van der Waals surface area contributed by atoms with Crippen LogP contribution in [0.4, 0.5) is 0 Å². The van der Waals surface area contributed by atoms with E-state index in [-0.39, 0.29) is 11.9 Å². The average molecular weight is 346 g/mol. The van der Waals surface area contributed by atoms with Gasteiger partial charge in [0, 0.05) is 45.8 Å². The van der Waals surface area contributed by atoms with Gasteiger partial charge in [0.2, 0.25) is 5.91 Å². The largest absolute Gasteiger partial charge is 0.385 e. The summed E-state index contributed by atoms with van der Waals surface area (Å²) >= 11 is 1.22. The van der Waals surface area contributed by atoms with E-state index in [1.54, 1.807) is 17.4 Å². The van der Waals surface area contributed by atoms with Gasteiger partial charge >= 0.3 is 0 Å². The summed E-state index contributed by atoms with van der Waals surface area (Å²) < 4.78 is 32.2. The lowest BCUT2D eigenvalue weighted by Crippen LogP contribution is -2.46. The van der Waals surface area contributed by atoms with Crippen molar-refractivity contribution in [3.05, 3.63) is 17.0 Å². The molecule has 0 radical (unpaired) electrons. The summed E-state index contributed by atoms with van der Waals surface area (Å²) in [5.41, 5.74) is 0.741. The number of sulfonamides is 1. The normalized spacial score (nSPS) is 20.6. The second-order valence-electron chi connectivity index (χ2n) is 5.19. The molecule has 8 heteroatoms. The highest BCUT2D eigenvalue weighted by molar-refractivity contribution is 7.91. The van der Waals surface area contributed by atoms with Gasteiger partial charge in [-0.25, -0.2) is 8.42 Å². The number of amides is 1. The van der Waals surface area contributed by atoms with E-state index < -0.39 is 10.0 Å². The molecule has 0 N–H and O–H groups in total. The molecule has 0 unspecified atom stereocenters. The van der Waals surface area contributed by atoms with Gasteiger partial charge in [-0.2, -0.15) is 4.31 Å². The van der Waals surface area contributed by atoms with Crippen LogP contribution in [0.5, 0.6) is 0 Å². The summed E-state index contributed by atoms with van der Waals surface area (Å²) in [6, 6.07) is 1.61. The van der Waals surface area contributed by atoms with Gasteiger partial charge in [0.1, 0.15) is 4.21 Å². The van der Waals surface area contributed by atoms with Gasteiger partial charge in [-0.3, -0.25) is 4.79 Å². The van der Waals surface area contributed by atoms with Gasteiger partial charge in [-0.05, 0) is 24.8 Å².